The molecule has 1 unspecified atom stereocenters. The number of thiazole rings is 1. The van der Waals surface area contributed by atoms with Crippen LogP contribution >= 0.6 is 11.3 Å². The molecule has 5 rings (SSSR count). The number of carbonyl (C=O) groups is 1. The van der Waals surface area contributed by atoms with Gasteiger partial charge in [0, 0.05) is 10.9 Å². The molecular weight excluding hydrogens is 318 g/mol. The van der Waals surface area contributed by atoms with Crippen LogP contribution in [-0.2, 0) is 0 Å². The average molecular weight is 348 g/mol. The maximum Gasteiger partial charge on any atom is 0.271 e. The molecule has 4 saturated carbocycles. The second-order valence-corrected chi connectivity index (χ2v) is 9.36. The number of nitrogens with two attached hydrogens (primary N) is 1. The van der Waals surface area contributed by atoms with Gasteiger partial charge in [0.25, 0.3) is 5.91 Å². The van der Waals surface area contributed by atoms with Crippen molar-refractivity contribution in [2.24, 2.45) is 23.5 Å². The SMILES string of the molecule is CCCCC(N)c1nc(C(=O)NC23CC4CC(CC(C4)C2)C3)cs1. The molecule has 1 amide bonds. The highest BCUT2D eigenvalue weighted by Gasteiger charge is 2.51. The first kappa shape index (κ1) is 16.5. The van der Waals surface area contributed by atoms with Crippen LogP contribution < -0.4 is 11.1 Å². The molecule has 0 radical (unpaired) electrons. The molecule has 1 heterocycles. The van der Waals surface area contributed by atoms with Crippen molar-refractivity contribution in [1.29, 1.82) is 0 Å². The highest BCUT2D eigenvalue weighted by molar-refractivity contribution is 7.09. The highest BCUT2D eigenvalue weighted by atomic mass is 32.1. The summed E-state index contributed by atoms with van der Waals surface area (Å²) in [4.78, 5) is 17.3. The first-order valence-electron chi connectivity index (χ1n) is 9.60. The number of carbonyl (C=O) groups excluding carboxylic acids is 1. The van der Waals surface area contributed by atoms with Gasteiger partial charge >= 0.3 is 0 Å². The topological polar surface area (TPSA) is 68.0 Å². The predicted molar refractivity (Wildman–Crippen MR) is 96.9 cm³/mol. The third kappa shape index (κ3) is 3.13. The zero-order valence-electron chi connectivity index (χ0n) is 14.6. The third-order valence-corrected chi connectivity index (χ3v) is 7.33. The summed E-state index contributed by atoms with van der Waals surface area (Å²) in [6, 6.07) is -0.0314. The molecule has 4 bridgehead atoms. The lowest BCUT2D eigenvalue weighted by Gasteiger charge is -2.56. The normalized spacial score (nSPS) is 35.2. The quantitative estimate of drug-likeness (QED) is 0.816. The van der Waals surface area contributed by atoms with E-state index in [1.807, 2.05) is 5.38 Å². The van der Waals surface area contributed by atoms with Crippen LogP contribution in [0.5, 0.6) is 0 Å². The summed E-state index contributed by atoms with van der Waals surface area (Å²) in [5.74, 6) is 2.53. The van der Waals surface area contributed by atoms with Crippen LogP contribution in [0.25, 0.3) is 0 Å². The number of nitrogens with one attached hydrogen (secondary N) is 1. The third-order valence-electron chi connectivity index (χ3n) is 6.36. The first-order valence-corrected chi connectivity index (χ1v) is 10.5. The fraction of sp³-hybridized carbons (Fsp3) is 0.789. The molecule has 1 atom stereocenters. The minimum Gasteiger partial charge on any atom is -0.345 e. The van der Waals surface area contributed by atoms with Crippen molar-refractivity contribution in [1.82, 2.24) is 10.3 Å². The summed E-state index contributed by atoms with van der Waals surface area (Å²) in [5, 5.41) is 6.19. The van der Waals surface area contributed by atoms with Gasteiger partial charge in [0.1, 0.15) is 10.7 Å². The van der Waals surface area contributed by atoms with Crippen molar-refractivity contribution in [3.63, 3.8) is 0 Å². The fourth-order valence-electron chi connectivity index (χ4n) is 5.68. The summed E-state index contributed by atoms with van der Waals surface area (Å²) in [6.07, 6.45) is 10.9. The molecule has 1 aromatic heterocycles. The van der Waals surface area contributed by atoms with Crippen molar-refractivity contribution in [3.05, 3.63) is 16.1 Å². The van der Waals surface area contributed by atoms with E-state index in [-0.39, 0.29) is 17.5 Å². The molecule has 0 aromatic carbocycles. The minimum absolute atomic E-state index is 0.0159. The molecule has 5 heteroatoms. The molecule has 3 N–H and O–H groups in total. The maximum absolute atomic E-state index is 12.8. The Bertz CT molecular complexity index is 576. The summed E-state index contributed by atoms with van der Waals surface area (Å²) in [7, 11) is 0. The van der Waals surface area contributed by atoms with Crippen molar-refractivity contribution in [3.8, 4) is 0 Å². The Morgan fingerprint density at radius 2 is 1.96 bits per heavy atom. The summed E-state index contributed by atoms with van der Waals surface area (Å²) >= 11 is 1.53. The van der Waals surface area contributed by atoms with Crippen LogP contribution in [0.15, 0.2) is 5.38 Å². The Morgan fingerprint density at radius 3 is 2.54 bits per heavy atom. The molecule has 4 aliphatic carbocycles. The van der Waals surface area contributed by atoms with Gasteiger partial charge < -0.3 is 11.1 Å². The standard InChI is InChI=1S/C19H29N3OS/c1-2-3-4-15(20)18-21-16(11-24-18)17(23)22-19-8-12-5-13(9-19)7-14(6-12)10-19/h11-15H,2-10,20H2,1H3,(H,22,23). The van der Waals surface area contributed by atoms with Crippen LogP contribution in [-0.4, -0.2) is 16.4 Å². The second-order valence-electron chi connectivity index (χ2n) is 8.47. The van der Waals surface area contributed by atoms with E-state index < -0.39 is 0 Å². The number of aromatic nitrogens is 1. The van der Waals surface area contributed by atoms with Gasteiger partial charge in [0.05, 0.1) is 6.04 Å². The second kappa shape index (κ2) is 6.41. The van der Waals surface area contributed by atoms with E-state index in [1.54, 1.807) is 0 Å². The van der Waals surface area contributed by atoms with E-state index in [2.05, 4.69) is 17.2 Å². The molecule has 1 aromatic rings. The van der Waals surface area contributed by atoms with Gasteiger partial charge in [0.15, 0.2) is 0 Å². The number of rotatable bonds is 6. The highest BCUT2D eigenvalue weighted by Crippen LogP contribution is 2.55. The van der Waals surface area contributed by atoms with E-state index >= 15 is 0 Å². The van der Waals surface area contributed by atoms with Gasteiger partial charge in [-0.05, 0) is 62.7 Å². The summed E-state index contributed by atoms with van der Waals surface area (Å²) in [6.45, 7) is 2.17. The van der Waals surface area contributed by atoms with Crippen molar-refractivity contribution < 1.29 is 4.79 Å². The average Bonchev–Trinajstić information content (AvgIpc) is 3.01. The van der Waals surface area contributed by atoms with Gasteiger partial charge in [0.2, 0.25) is 0 Å². The monoisotopic (exact) mass is 347 g/mol. The molecule has 132 valence electrons. The van der Waals surface area contributed by atoms with Crippen molar-refractivity contribution >= 4 is 17.2 Å². The van der Waals surface area contributed by atoms with E-state index in [9.17, 15) is 4.79 Å². The smallest absolute Gasteiger partial charge is 0.271 e. The molecule has 4 nitrogen and oxygen atoms in total. The van der Waals surface area contributed by atoms with Crippen molar-refractivity contribution in [2.75, 3.05) is 0 Å². The van der Waals surface area contributed by atoms with Crippen molar-refractivity contribution in [2.45, 2.75) is 76.3 Å². The Hall–Kier alpha value is -0.940. The number of amides is 1. The lowest BCUT2D eigenvalue weighted by atomic mass is 9.53. The molecule has 4 fully saturated rings. The first-order chi connectivity index (χ1) is 11.6. The number of hydrogen-bond donors (Lipinski definition) is 2. The predicted octanol–water partition coefficient (Wildman–Crippen LogP) is 4.03. The minimum atomic E-state index is -0.0314. The summed E-state index contributed by atoms with van der Waals surface area (Å²) in [5.41, 5.74) is 6.82. The number of nitrogens with zero attached hydrogens (tertiary/aromatic N) is 1. The van der Waals surface area contributed by atoms with Gasteiger partial charge in [-0.2, -0.15) is 0 Å². The maximum atomic E-state index is 12.8. The van der Waals surface area contributed by atoms with Crippen LogP contribution in [0.2, 0.25) is 0 Å². The number of hydrogen-bond acceptors (Lipinski definition) is 4. The van der Waals surface area contributed by atoms with Crippen LogP contribution in [0, 0.1) is 17.8 Å². The van der Waals surface area contributed by atoms with Gasteiger partial charge in [-0.15, -0.1) is 11.3 Å². The largest absolute Gasteiger partial charge is 0.345 e. The van der Waals surface area contributed by atoms with Crippen LogP contribution in [0.1, 0.15) is 86.2 Å². The molecule has 0 aliphatic heterocycles. The van der Waals surface area contributed by atoms with E-state index in [0.717, 1.165) is 42.0 Å². The molecule has 0 saturated heterocycles. The molecule has 4 aliphatic rings. The van der Waals surface area contributed by atoms with Crippen LogP contribution in [0.3, 0.4) is 0 Å². The Labute approximate surface area is 148 Å². The van der Waals surface area contributed by atoms with Gasteiger partial charge in [-0.3, -0.25) is 4.79 Å². The van der Waals surface area contributed by atoms with E-state index in [4.69, 9.17) is 5.73 Å². The zero-order chi connectivity index (χ0) is 16.7. The molecular formula is C19H29N3OS. The molecule has 24 heavy (non-hydrogen) atoms. The lowest BCUT2D eigenvalue weighted by molar-refractivity contribution is -0.0167. The Morgan fingerprint density at radius 1 is 1.33 bits per heavy atom. The number of unbranched alkanes of at least 4 members (excludes halogenated alkanes) is 1. The fourth-order valence-corrected chi connectivity index (χ4v) is 6.51. The molecule has 0 spiro atoms. The lowest BCUT2D eigenvalue weighted by Crippen LogP contribution is -2.59. The zero-order valence-corrected chi connectivity index (χ0v) is 15.4. The Balaban J connectivity index is 1.42. The van der Waals surface area contributed by atoms with E-state index in [0.29, 0.717) is 5.69 Å². The van der Waals surface area contributed by atoms with Gasteiger partial charge in [-0.25, -0.2) is 4.98 Å². The summed E-state index contributed by atoms with van der Waals surface area (Å²) < 4.78 is 0. The van der Waals surface area contributed by atoms with Gasteiger partial charge in [-0.1, -0.05) is 19.8 Å². The Kier molecular flexibility index (Phi) is 4.42. The van der Waals surface area contributed by atoms with Crippen LogP contribution in [0.4, 0.5) is 0 Å². The van der Waals surface area contributed by atoms with E-state index in [1.165, 1.54) is 49.9 Å².